The van der Waals surface area contributed by atoms with Gasteiger partial charge in [0, 0.05) is 11.6 Å². The maximum atomic E-state index is 11.5. The number of amides is 2. The highest BCUT2D eigenvalue weighted by Gasteiger charge is 2.19. The van der Waals surface area contributed by atoms with Crippen molar-refractivity contribution in [3.8, 4) is 0 Å². The van der Waals surface area contributed by atoms with Crippen LogP contribution in [0.1, 0.15) is 31.3 Å². The second kappa shape index (κ2) is 6.19. The molecule has 0 aliphatic carbocycles. The molecular weight excluding hydrogens is 242 g/mol. The van der Waals surface area contributed by atoms with E-state index in [1.807, 2.05) is 5.38 Å². The zero-order chi connectivity index (χ0) is 12.8. The van der Waals surface area contributed by atoms with Gasteiger partial charge in [-0.05, 0) is 13.3 Å². The third-order valence-electron chi connectivity index (χ3n) is 2.18. The van der Waals surface area contributed by atoms with Crippen molar-refractivity contribution in [1.29, 1.82) is 0 Å². The van der Waals surface area contributed by atoms with Gasteiger partial charge in [0.15, 0.2) is 0 Å². The van der Waals surface area contributed by atoms with Gasteiger partial charge in [0.2, 0.25) is 0 Å². The van der Waals surface area contributed by atoms with E-state index in [1.54, 1.807) is 20.0 Å². The highest BCUT2D eigenvalue weighted by Crippen LogP contribution is 2.14. The first-order valence-electron chi connectivity index (χ1n) is 5.23. The topological polar surface area (TPSA) is 91.3 Å². The van der Waals surface area contributed by atoms with E-state index < -0.39 is 18.0 Å². The Morgan fingerprint density at radius 1 is 1.53 bits per heavy atom. The lowest BCUT2D eigenvalue weighted by Crippen LogP contribution is -2.46. The van der Waals surface area contributed by atoms with Crippen LogP contribution in [0.4, 0.5) is 4.79 Å². The Bertz CT molecular complexity index is 380. The highest BCUT2D eigenvalue weighted by atomic mass is 32.1. The van der Waals surface area contributed by atoms with Crippen LogP contribution in [0, 0.1) is 0 Å². The van der Waals surface area contributed by atoms with Crippen LogP contribution in [-0.2, 0) is 4.79 Å². The molecule has 0 saturated carbocycles. The Morgan fingerprint density at radius 3 is 2.71 bits per heavy atom. The quantitative estimate of drug-likeness (QED) is 0.743. The van der Waals surface area contributed by atoms with Crippen LogP contribution >= 0.6 is 11.3 Å². The lowest BCUT2D eigenvalue weighted by atomic mass is 10.2. The van der Waals surface area contributed by atoms with Crippen molar-refractivity contribution in [2.24, 2.45) is 0 Å². The maximum Gasteiger partial charge on any atom is 0.326 e. The fourth-order valence-corrected chi connectivity index (χ4v) is 1.89. The van der Waals surface area contributed by atoms with Gasteiger partial charge in [-0.3, -0.25) is 0 Å². The molecule has 7 heteroatoms. The van der Waals surface area contributed by atoms with E-state index in [4.69, 9.17) is 5.11 Å². The van der Waals surface area contributed by atoms with Crippen molar-refractivity contribution in [2.45, 2.75) is 32.4 Å². The van der Waals surface area contributed by atoms with Gasteiger partial charge in [0.05, 0.1) is 6.04 Å². The monoisotopic (exact) mass is 257 g/mol. The normalized spacial score (nSPS) is 13.8. The number of hydrogen-bond donors (Lipinski definition) is 3. The largest absolute Gasteiger partial charge is 0.480 e. The van der Waals surface area contributed by atoms with Gasteiger partial charge in [-0.25, -0.2) is 14.6 Å². The van der Waals surface area contributed by atoms with E-state index >= 15 is 0 Å². The second-order valence-corrected chi connectivity index (χ2v) is 4.44. The summed E-state index contributed by atoms with van der Waals surface area (Å²) in [4.78, 5) is 26.3. The SMILES string of the molecule is CCC(NC(=O)NC(C)c1nccs1)C(=O)O. The zero-order valence-corrected chi connectivity index (χ0v) is 10.5. The molecule has 0 bridgehead atoms. The highest BCUT2D eigenvalue weighted by molar-refractivity contribution is 7.09. The first-order chi connectivity index (χ1) is 8.04. The van der Waals surface area contributed by atoms with Crippen molar-refractivity contribution in [2.75, 3.05) is 0 Å². The van der Waals surface area contributed by atoms with Crippen molar-refractivity contribution < 1.29 is 14.7 Å². The Hall–Kier alpha value is -1.63. The number of urea groups is 1. The number of nitrogens with one attached hydrogen (secondary N) is 2. The number of aliphatic carboxylic acids is 1. The van der Waals surface area contributed by atoms with Crippen molar-refractivity contribution in [3.63, 3.8) is 0 Å². The second-order valence-electron chi connectivity index (χ2n) is 3.51. The fourth-order valence-electron chi connectivity index (χ4n) is 1.25. The van der Waals surface area contributed by atoms with Crippen molar-refractivity contribution in [3.05, 3.63) is 16.6 Å². The van der Waals surface area contributed by atoms with Gasteiger partial charge in [0.1, 0.15) is 11.0 Å². The first kappa shape index (κ1) is 13.4. The number of thiazole rings is 1. The van der Waals surface area contributed by atoms with Crippen LogP contribution in [0.15, 0.2) is 11.6 Å². The summed E-state index contributed by atoms with van der Waals surface area (Å²) in [6.45, 7) is 3.49. The van der Waals surface area contributed by atoms with E-state index in [0.29, 0.717) is 6.42 Å². The molecule has 94 valence electrons. The summed E-state index contributed by atoms with van der Waals surface area (Å²) in [5.41, 5.74) is 0. The number of carbonyl (C=O) groups is 2. The van der Waals surface area contributed by atoms with Gasteiger partial charge < -0.3 is 15.7 Å². The molecular formula is C10H15N3O3S. The molecule has 0 spiro atoms. The molecule has 3 N–H and O–H groups in total. The van der Waals surface area contributed by atoms with Crippen molar-refractivity contribution >= 4 is 23.3 Å². The zero-order valence-electron chi connectivity index (χ0n) is 9.64. The Labute approximate surface area is 103 Å². The number of hydrogen-bond acceptors (Lipinski definition) is 4. The standard InChI is InChI=1S/C10H15N3O3S/c1-3-7(9(14)15)13-10(16)12-6(2)8-11-4-5-17-8/h4-7H,3H2,1-2H3,(H,14,15)(H2,12,13,16). The molecule has 0 aliphatic rings. The Morgan fingerprint density at radius 2 is 2.24 bits per heavy atom. The average molecular weight is 257 g/mol. The maximum absolute atomic E-state index is 11.5. The van der Waals surface area contributed by atoms with Gasteiger partial charge in [-0.15, -0.1) is 11.3 Å². The molecule has 0 aromatic carbocycles. The molecule has 0 radical (unpaired) electrons. The predicted octanol–water partition coefficient (Wildman–Crippen LogP) is 1.37. The molecule has 2 amide bonds. The summed E-state index contributed by atoms with van der Waals surface area (Å²) in [6.07, 6.45) is 2.00. The number of aromatic nitrogens is 1. The van der Waals surface area contributed by atoms with Gasteiger partial charge in [0.25, 0.3) is 0 Å². The molecule has 0 saturated heterocycles. The average Bonchev–Trinajstić information content (AvgIpc) is 2.78. The smallest absolute Gasteiger partial charge is 0.326 e. The number of carboxylic acid groups (broad SMARTS) is 1. The summed E-state index contributed by atoms with van der Waals surface area (Å²) < 4.78 is 0. The number of rotatable bonds is 5. The van der Waals surface area contributed by atoms with Gasteiger partial charge in [-0.1, -0.05) is 6.92 Å². The molecule has 17 heavy (non-hydrogen) atoms. The van der Waals surface area contributed by atoms with Crippen LogP contribution < -0.4 is 10.6 Å². The lowest BCUT2D eigenvalue weighted by molar-refractivity contribution is -0.139. The predicted molar refractivity (Wildman–Crippen MR) is 63.9 cm³/mol. The summed E-state index contributed by atoms with van der Waals surface area (Å²) in [5, 5.41) is 16.4. The molecule has 1 heterocycles. The summed E-state index contributed by atoms with van der Waals surface area (Å²) in [7, 11) is 0. The lowest BCUT2D eigenvalue weighted by Gasteiger charge is -2.16. The molecule has 2 atom stereocenters. The molecule has 0 aliphatic heterocycles. The molecule has 2 unspecified atom stereocenters. The minimum Gasteiger partial charge on any atom is -0.480 e. The summed E-state index contributed by atoms with van der Waals surface area (Å²) >= 11 is 1.43. The Kier molecular flexibility index (Phi) is 4.89. The molecule has 1 rings (SSSR count). The van der Waals surface area contributed by atoms with E-state index in [-0.39, 0.29) is 6.04 Å². The van der Waals surface area contributed by atoms with E-state index in [0.717, 1.165) is 5.01 Å². The van der Waals surface area contributed by atoms with E-state index in [2.05, 4.69) is 15.6 Å². The molecule has 6 nitrogen and oxygen atoms in total. The Balaban J connectivity index is 2.47. The van der Waals surface area contributed by atoms with Crippen LogP contribution in [0.2, 0.25) is 0 Å². The minimum absolute atomic E-state index is 0.235. The van der Waals surface area contributed by atoms with Crippen LogP contribution in [0.25, 0.3) is 0 Å². The minimum atomic E-state index is -1.04. The van der Waals surface area contributed by atoms with E-state index in [1.165, 1.54) is 11.3 Å². The number of nitrogens with zero attached hydrogens (tertiary/aromatic N) is 1. The van der Waals surface area contributed by atoms with Crippen LogP contribution in [0.3, 0.4) is 0 Å². The number of carbonyl (C=O) groups excluding carboxylic acids is 1. The van der Waals surface area contributed by atoms with Crippen LogP contribution in [0.5, 0.6) is 0 Å². The van der Waals surface area contributed by atoms with Crippen LogP contribution in [-0.4, -0.2) is 28.1 Å². The third-order valence-corrected chi connectivity index (χ3v) is 3.14. The molecule has 1 aromatic rings. The summed E-state index contributed by atoms with van der Waals surface area (Å²) in [5.74, 6) is -1.04. The van der Waals surface area contributed by atoms with Gasteiger partial charge in [-0.2, -0.15) is 0 Å². The van der Waals surface area contributed by atoms with E-state index in [9.17, 15) is 9.59 Å². The van der Waals surface area contributed by atoms with Crippen molar-refractivity contribution in [1.82, 2.24) is 15.6 Å². The molecule has 0 fully saturated rings. The fraction of sp³-hybridized carbons (Fsp3) is 0.500. The third kappa shape index (κ3) is 4.03. The first-order valence-corrected chi connectivity index (χ1v) is 6.11. The molecule has 1 aromatic heterocycles. The number of carboxylic acids is 1. The van der Waals surface area contributed by atoms with Gasteiger partial charge >= 0.3 is 12.0 Å². The summed E-state index contributed by atoms with van der Waals surface area (Å²) in [6, 6.07) is -1.60.